The van der Waals surface area contributed by atoms with Gasteiger partial charge in [0.15, 0.2) is 4.80 Å². The number of amides is 1. The maximum absolute atomic E-state index is 12.6. The van der Waals surface area contributed by atoms with Crippen LogP contribution in [0.25, 0.3) is 10.2 Å². The number of aryl methyl sites for hydroxylation is 2. The first-order valence-corrected chi connectivity index (χ1v) is 8.22. The Hall–Kier alpha value is -2.67. The topological polar surface area (TPSA) is 61.4 Å². The van der Waals surface area contributed by atoms with E-state index in [1.54, 1.807) is 31.1 Å². The van der Waals surface area contributed by atoms with E-state index < -0.39 is 0 Å². The third kappa shape index (κ3) is 2.78. The monoisotopic (exact) mass is 342 g/mol. The van der Waals surface area contributed by atoms with Gasteiger partial charge >= 0.3 is 0 Å². The van der Waals surface area contributed by atoms with Crippen molar-refractivity contribution >= 4 is 27.5 Å². The van der Waals surface area contributed by atoms with Gasteiger partial charge in [0.2, 0.25) is 0 Å². The zero-order chi connectivity index (χ0) is 17.3. The number of ether oxygens (including phenoxy) is 1. The van der Waals surface area contributed by atoms with Gasteiger partial charge in [0.05, 0.1) is 23.5 Å². The Bertz CT molecular complexity index is 974. The SMILES string of the molecule is C=CCn1c(=NC(=O)c2c(C)cnn2C)sc2cc(OC)ccc21. The van der Waals surface area contributed by atoms with Gasteiger partial charge in [0, 0.05) is 19.2 Å². The summed E-state index contributed by atoms with van der Waals surface area (Å²) in [5, 5.41) is 4.10. The highest BCUT2D eigenvalue weighted by atomic mass is 32.1. The highest BCUT2D eigenvalue weighted by Crippen LogP contribution is 2.23. The summed E-state index contributed by atoms with van der Waals surface area (Å²) in [7, 11) is 3.37. The number of benzene rings is 1. The van der Waals surface area contributed by atoms with Crippen LogP contribution in [0, 0.1) is 6.92 Å². The predicted molar refractivity (Wildman–Crippen MR) is 94.4 cm³/mol. The summed E-state index contributed by atoms with van der Waals surface area (Å²) < 4.78 is 9.79. The molecule has 0 saturated heterocycles. The first kappa shape index (κ1) is 16.2. The van der Waals surface area contributed by atoms with Crippen molar-refractivity contribution in [1.82, 2.24) is 14.3 Å². The molecule has 0 aliphatic rings. The lowest BCUT2D eigenvalue weighted by atomic mass is 10.3. The fourth-order valence-corrected chi connectivity index (χ4v) is 3.63. The molecule has 0 fully saturated rings. The Kier molecular flexibility index (Phi) is 4.35. The van der Waals surface area contributed by atoms with Crippen molar-refractivity contribution in [2.45, 2.75) is 13.5 Å². The number of rotatable bonds is 4. The number of nitrogens with zero attached hydrogens (tertiary/aromatic N) is 4. The smallest absolute Gasteiger partial charge is 0.298 e. The lowest BCUT2D eigenvalue weighted by Crippen LogP contribution is -2.17. The minimum absolute atomic E-state index is 0.302. The molecular formula is C17H18N4O2S. The fraction of sp³-hybridized carbons (Fsp3) is 0.235. The van der Waals surface area contributed by atoms with E-state index in [-0.39, 0.29) is 5.91 Å². The highest BCUT2D eigenvalue weighted by Gasteiger charge is 2.14. The minimum atomic E-state index is -0.302. The molecule has 0 unspecified atom stereocenters. The lowest BCUT2D eigenvalue weighted by Gasteiger charge is -2.02. The quantitative estimate of drug-likeness (QED) is 0.685. The highest BCUT2D eigenvalue weighted by molar-refractivity contribution is 7.16. The van der Waals surface area contributed by atoms with Crippen molar-refractivity contribution in [3.63, 3.8) is 0 Å². The Morgan fingerprint density at radius 2 is 2.29 bits per heavy atom. The van der Waals surface area contributed by atoms with Crippen molar-refractivity contribution in [3.8, 4) is 5.75 Å². The number of fused-ring (bicyclic) bond motifs is 1. The number of carbonyl (C=O) groups is 1. The summed E-state index contributed by atoms with van der Waals surface area (Å²) in [5.74, 6) is 0.471. The molecule has 3 aromatic rings. The summed E-state index contributed by atoms with van der Waals surface area (Å²) in [6, 6.07) is 5.80. The zero-order valence-electron chi connectivity index (χ0n) is 13.8. The van der Waals surface area contributed by atoms with Crippen molar-refractivity contribution in [3.05, 3.63) is 53.1 Å². The molecule has 0 bridgehead atoms. The summed E-state index contributed by atoms with van der Waals surface area (Å²) in [5.41, 5.74) is 2.30. The molecular weight excluding hydrogens is 324 g/mol. The molecule has 0 aliphatic heterocycles. The molecule has 1 amide bonds. The van der Waals surface area contributed by atoms with E-state index in [1.165, 1.54) is 11.3 Å². The largest absolute Gasteiger partial charge is 0.497 e. The first-order chi connectivity index (χ1) is 11.5. The van der Waals surface area contributed by atoms with E-state index in [1.807, 2.05) is 29.7 Å². The number of thiazole rings is 1. The second-order valence-electron chi connectivity index (χ2n) is 5.33. The molecule has 2 aromatic heterocycles. The number of allylic oxidation sites excluding steroid dienone is 1. The van der Waals surface area contributed by atoms with Gasteiger partial charge in [-0.05, 0) is 25.1 Å². The van der Waals surface area contributed by atoms with Crippen LogP contribution in [0.5, 0.6) is 5.75 Å². The molecule has 0 N–H and O–H groups in total. The number of hydrogen-bond acceptors (Lipinski definition) is 4. The second kappa shape index (κ2) is 6.45. The van der Waals surface area contributed by atoms with E-state index >= 15 is 0 Å². The van der Waals surface area contributed by atoms with Crippen LogP contribution in [0.1, 0.15) is 16.1 Å². The van der Waals surface area contributed by atoms with E-state index in [9.17, 15) is 4.79 Å². The van der Waals surface area contributed by atoms with E-state index in [2.05, 4.69) is 16.7 Å². The van der Waals surface area contributed by atoms with Crippen LogP contribution in [0.15, 0.2) is 42.0 Å². The molecule has 124 valence electrons. The molecule has 0 saturated carbocycles. The number of aromatic nitrogens is 3. The average molecular weight is 342 g/mol. The third-order valence-corrected chi connectivity index (χ3v) is 4.76. The Morgan fingerprint density at radius 1 is 1.50 bits per heavy atom. The van der Waals surface area contributed by atoms with Gasteiger partial charge in [-0.15, -0.1) is 6.58 Å². The van der Waals surface area contributed by atoms with Crippen LogP contribution < -0.4 is 9.54 Å². The van der Waals surface area contributed by atoms with Crippen molar-refractivity contribution < 1.29 is 9.53 Å². The number of hydrogen-bond donors (Lipinski definition) is 0. The van der Waals surface area contributed by atoms with Crippen molar-refractivity contribution in [1.29, 1.82) is 0 Å². The molecule has 0 spiro atoms. The Labute approximate surface area is 143 Å². The van der Waals surface area contributed by atoms with Gasteiger partial charge in [-0.2, -0.15) is 10.1 Å². The maximum Gasteiger partial charge on any atom is 0.298 e. The fourth-order valence-electron chi connectivity index (χ4n) is 2.57. The van der Waals surface area contributed by atoms with Crippen LogP contribution in [0.3, 0.4) is 0 Å². The van der Waals surface area contributed by atoms with Crippen LogP contribution in [-0.2, 0) is 13.6 Å². The molecule has 0 atom stereocenters. The average Bonchev–Trinajstić information content (AvgIpc) is 3.07. The summed E-state index contributed by atoms with van der Waals surface area (Å²) in [4.78, 5) is 17.5. The van der Waals surface area contributed by atoms with Gasteiger partial charge in [-0.1, -0.05) is 17.4 Å². The van der Waals surface area contributed by atoms with Crippen LogP contribution in [0.2, 0.25) is 0 Å². The minimum Gasteiger partial charge on any atom is -0.497 e. The normalized spacial score (nSPS) is 11.9. The number of carbonyl (C=O) groups excluding carboxylic acids is 1. The molecule has 3 rings (SSSR count). The third-order valence-electron chi connectivity index (χ3n) is 3.72. The molecule has 0 radical (unpaired) electrons. The maximum atomic E-state index is 12.6. The summed E-state index contributed by atoms with van der Waals surface area (Å²) >= 11 is 1.45. The molecule has 0 aliphatic carbocycles. The van der Waals surface area contributed by atoms with Gasteiger partial charge in [0.1, 0.15) is 11.4 Å². The summed E-state index contributed by atoms with van der Waals surface area (Å²) in [6.07, 6.45) is 3.45. The van der Waals surface area contributed by atoms with Crippen molar-refractivity contribution in [2.24, 2.45) is 12.0 Å². The van der Waals surface area contributed by atoms with Gasteiger partial charge < -0.3 is 9.30 Å². The van der Waals surface area contributed by atoms with Gasteiger partial charge in [-0.25, -0.2) is 0 Å². The molecule has 1 aromatic carbocycles. The van der Waals surface area contributed by atoms with E-state index in [0.29, 0.717) is 17.0 Å². The molecule has 7 heteroatoms. The van der Waals surface area contributed by atoms with Crippen molar-refractivity contribution in [2.75, 3.05) is 7.11 Å². The molecule has 2 heterocycles. The standard InChI is InChI=1S/C17H18N4O2S/c1-5-8-21-13-7-6-12(23-4)9-14(13)24-17(21)19-16(22)15-11(2)10-18-20(15)3/h5-7,9-10H,1,8H2,2-4H3. The van der Waals surface area contributed by atoms with E-state index in [4.69, 9.17) is 4.74 Å². The Morgan fingerprint density at radius 3 is 2.92 bits per heavy atom. The second-order valence-corrected chi connectivity index (χ2v) is 6.34. The molecule has 24 heavy (non-hydrogen) atoms. The van der Waals surface area contributed by atoms with Crippen LogP contribution in [0.4, 0.5) is 0 Å². The molecule has 6 nitrogen and oxygen atoms in total. The van der Waals surface area contributed by atoms with Gasteiger partial charge in [-0.3, -0.25) is 9.48 Å². The summed E-state index contributed by atoms with van der Waals surface area (Å²) in [6.45, 7) is 6.22. The number of methoxy groups -OCH3 is 1. The van der Waals surface area contributed by atoms with Crippen LogP contribution >= 0.6 is 11.3 Å². The predicted octanol–water partition coefficient (Wildman–Crippen LogP) is 2.68. The zero-order valence-corrected chi connectivity index (χ0v) is 14.6. The van der Waals surface area contributed by atoms with E-state index in [0.717, 1.165) is 21.5 Å². The van der Waals surface area contributed by atoms with Gasteiger partial charge in [0.25, 0.3) is 5.91 Å². The first-order valence-electron chi connectivity index (χ1n) is 7.41. The van der Waals surface area contributed by atoms with Crippen LogP contribution in [-0.4, -0.2) is 27.4 Å². The lowest BCUT2D eigenvalue weighted by molar-refractivity contribution is 0.0988. The Balaban J connectivity index is 2.18.